The van der Waals surface area contributed by atoms with Gasteiger partial charge in [0.1, 0.15) is 0 Å². The van der Waals surface area contributed by atoms with Crippen LogP contribution in [0.3, 0.4) is 0 Å². The van der Waals surface area contributed by atoms with E-state index < -0.39 is 0 Å². The Morgan fingerprint density at radius 3 is 1.78 bits per heavy atom. The quantitative estimate of drug-likeness (QED) is 0.797. The van der Waals surface area contributed by atoms with Crippen LogP contribution in [0.2, 0.25) is 0 Å². The van der Waals surface area contributed by atoms with Gasteiger partial charge in [0, 0.05) is 22.6 Å². The fourth-order valence-electron chi connectivity index (χ4n) is 2.12. The van der Waals surface area contributed by atoms with Crippen molar-refractivity contribution in [3.05, 3.63) is 54.6 Å². The highest BCUT2D eigenvalue weighted by Gasteiger charge is 2.23. The number of para-hydroxylation sites is 1. The predicted molar refractivity (Wildman–Crippen MR) is 79.2 cm³/mol. The standard InChI is InChI=1S/C16H20N2/c1-16(2,3)18(14-7-5-4-6-8-14)15-11-9-13(17)10-12-15/h4-12H,17H2,1-3H3. The van der Waals surface area contributed by atoms with Gasteiger partial charge in [-0.25, -0.2) is 0 Å². The summed E-state index contributed by atoms with van der Waals surface area (Å²) < 4.78 is 0. The molecule has 0 heterocycles. The van der Waals surface area contributed by atoms with Gasteiger partial charge in [-0.2, -0.15) is 0 Å². The molecular weight excluding hydrogens is 220 g/mol. The topological polar surface area (TPSA) is 29.3 Å². The number of anilines is 3. The van der Waals surface area contributed by atoms with Crippen LogP contribution in [-0.2, 0) is 0 Å². The number of nitrogen functional groups attached to an aromatic ring is 1. The molecule has 0 spiro atoms. The number of nitrogens with zero attached hydrogens (tertiary/aromatic N) is 1. The molecule has 2 nitrogen and oxygen atoms in total. The summed E-state index contributed by atoms with van der Waals surface area (Å²) in [6.45, 7) is 6.61. The summed E-state index contributed by atoms with van der Waals surface area (Å²) in [6.07, 6.45) is 0. The van der Waals surface area contributed by atoms with Gasteiger partial charge in [-0.3, -0.25) is 0 Å². The van der Waals surface area contributed by atoms with Gasteiger partial charge in [0.05, 0.1) is 0 Å². The van der Waals surface area contributed by atoms with Crippen molar-refractivity contribution in [3.8, 4) is 0 Å². The third-order valence-electron chi connectivity index (χ3n) is 2.84. The minimum Gasteiger partial charge on any atom is -0.399 e. The van der Waals surface area contributed by atoms with Crippen molar-refractivity contribution in [2.75, 3.05) is 10.6 Å². The Labute approximate surface area is 109 Å². The molecule has 0 bridgehead atoms. The van der Waals surface area contributed by atoms with Crippen LogP contribution in [0.1, 0.15) is 20.8 Å². The third kappa shape index (κ3) is 2.65. The summed E-state index contributed by atoms with van der Waals surface area (Å²) in [7, 11) is 0. The van der Waals surface area contributed by atoms with E-state index in [4.69, 9.17) is 5.73 Å². The normalized spacial score (nSPS) is 11.3. The maximum absolute atomic E-state index is 5.76. The summed E-state index contributed by atoms with van der Waals surface area (Å²) in [5.74, 6) is 0. The largest absolute Gasteiger partial charge is 0.399 e. The van der Waals surface area contributed by atoms with Gasteiger partial charge in [0.25, 0.3) is 0 Å². The average Bonchev–Trinajstić information content (AvgIpc) is 2.32. The van der Waals surface area contributed by atoms with Gasteiger partial charge in [0.15, 0.2) is 0 Å². The molecule has 2 aromatic rings. The van der Waals surface area contributed by atoms with E-state index in [1.807, 2.05) is 18.2 Å². The molecule has 0 saturated carbocycles. The van der Waals surface area contributed by atoms with E-state index >= 15 is 0 Å². The first-order chi connectivity index (χ1) is 8.48. The molecule has 0 aromatic heterocycles. The summed E-state index contributed by atoms with van der Waals surface area (Å²) in [5, 5.41) is 0. The fourth-order valence-corrected chi connectivity index (χ4v) is 2.12. The molecule has 18 heavy (non-hydrogen) atoms. The Bertz CT molecular complexity index is 495. The Kier molecular flexibility index (Phi) is 3.28. The Morgan fingerprint density at radius 1 is 0.778 bits per heavy atom. The molecule has 0 aliphatic carbocycles. The van der Waals surface area contributed by atoms with E-state index in [-0.39, 0.29) is 5.54 Å². The van der Waals surface area contributed by atoms with E-state index in [0.29, 0.717) is 0 Å². The van der Waals surface area contributed by atoms with Crippen LogP contribution in [0.15, 0.2) is 54.6 Å². The first-order valence-corrected chi connectivity index (χ1v) is 6.19. The SMILES string of the molecule is CC(C)(C)N(c1ccccc1)c1ccc(N)cc1. The molecule has 94 valence electrons. The second kappa shape index (κ2) is 4.73. The number of rotatable bonds is 2. The molecule has 2 rings (SSSR count). The molecule has 2 N–H and O–H groups in total. The van der Waals surface area contributed by atoms with Gasteiger partial charge in [0.2, 0.25) is 0 Å². The number of nitrogens with two attached hydrogens (primary N) is 1. The number of hydrogen-bond acceptors (Lipinski definition) is 2. The number of hydrogen-bond donors (Lipinski definition) is 1. The van der Waals surface area contributed by atoms with Crippen molar-refractivity contribution in [1.29, 1.82) is 0 Å². The molecule has 0 aliphatic rings. The van der Waals surface area contributed by atoms with Gasteiger partial charge in [-0.15, -0.1) is 0 Å². The highest BCUT2D eigenvalue weighted by atomic mass is 15.2. The van der Waals surface area contributed by atoms with Crippen molar-refractivity contribution in [3.63, 3.8) is 0 Å². The fraction of sp³-hybridized carbons (Fsp3) is 0.250. The second-order valence-electron chi connectivity index (χ2n) is 5.43. The van der Waals surface area contributed by atoms with Gasteiger partial charge < -0.3 is 10.6 Å². The molecule has 0 radical (unpaired) electrons. The van der Waals surface area contributed by atoms with E-state index in [2.05, 4.69) is 62.1 Å². The first kappa shape index (κ1) is 12.5. The average molecular weight is 240 g/mol. The van der Waals surface area contributed by atoms with E-state index in [9.17, 15) is 0 Å². The Balaban J connectivity index is 2.47. The van der Waals surface area contributed by atoms with Crippen LogP contribution in [0.5, 0.6) is 0 Å². The Morgan fingerprint density at radius 2 is 1.28 bits per heavy atom. The minimum atomic E-state index is 0.0114. The molecule has 0 amide bonds. The molecule has 0 saturated heterocycles. The molecule has 2 heteroatoms. The zero-order chi connectivity index (χ0) is 13.2. The lowest BCUT2D eigenvalue weighted by Gasteiger charge is -2.38. The van der Waals surface area contributed by atoms with Crippen molar-refractivity contribution in [2.24, 2.45) is 0 Å². The monoisotopic (exact) mass is 240 g/mol. The molecule has 0 fully saturated rings. The highest BCUT2D eigenvalue weighted by Crippen LogP contribution is 2.33. The van der Waals surface area contributed by atoms with E-state index in [0.717, 1.165) is 11.4 Å². The highest BCUT2D eigenvalue weighted by molar-refractivity contribution is 5.66. The molecule has 0 aliphatic heterocycles. The molecule has 0 atom stereocenters. The number of benzene rings is 2. The maximum atomic E-state index is 5.76. The van der Waals surface area contributed by atoms with Crippen LogP contribution in [0.25, 0.3) is 0 Å². The van der Waals surface area contributed by atoms with Crippen molar-refractivity contribution >= 4 is 17.1 Å². The Hall–Kier alpha value is -1.96. The van der Waals surface area contributed by atoms with Crippen molar-refractivity contribution < 1.29 is 0 Å². The van der Waals surface area contributed by atoms with E-state index in [1.165, 1.54) is 5.69 Å². The summed E-state index contributed by atoms with van der Waals surface area (Å²) >= 11 is 0. The van der Waals surface area contributed by atoms with Crippen LogP contribution in [0.4, 0.5) is 17.1 Å². The lowest BCUT2D eigenvalue weighted by atomic mass is 10.0. The van der Waals surface area contributed by atoms with Crippen LogP contribution in [0, 0.1) is 0 Å². The lowest BCUT2D eigenvalue weighted by Crippen LogP contribution is -2.37. The van der Waals surface area contributed by atoms with Crippen molar-refractivity contribution in [2.45, 2.75) is 26.3 Å². The summed E-state index contributed by atoms with van der Waals surface area (Å²) in [5.41, 5.74) is 8.90. The van der Waals surface area contributed by atoms with Crippen molar-refractivity contribution in [1.82, 2.24) is 0 Å². The molecular formula is C16H20N2. The zero-order valence-corrected chi connectivity index (χ0v) is 11.2. The van der Waals surface area contributed by atoms with Crippen LogP contribution in [-0.4, -0.2) is 5.54 Å². The molecule has 2 aromatic carbocycles. The first-order valence-electron chi connectivity index (χ1n) is 6.19. The summed E-state index contributed by atoms with van der Waals surface area (Å²) in [4.78, 5) is 2.31. The maximum Gasteiger partial charge on any atom is 0.0417 e. The second-order valence-corrected chi connectivity index (χ2v) is 5.43. The minimum absolute atomic E-state index is 0.0114. The third-order valence-corrected chi connectivity index (χ3v) is 2.84. The summed E-state index contributed by atoms with van der Waals surface area (Å²) in [6, 6.07) is 18.4. The van der Waals surface area contributed by atoms with E-state index in [1.54, 1.807) is 0 Å². The van der Waals surface area contributed by atoms with Crippen LogP contribution >= 0.6 is 0 Å². The molecule has 0 unspecified atom stereocenters. The zero-order valence-electron chi connectivity index (χ0n) is 11.2. The lowest BCUT2D eigenvalue weighted by molar-refractivity contribution is 0.560. The van der Waals surface area contributed by atoms with Gasteiger partial charge in [-0.05, 0) is 57.2 Å². The van der Waals surface area contributed by atoms with Gasteiger partial charge >= 0.3 is 0 Å². The van der Waals surface area contributed by atoms with Crippen LogP contribution < -0.4 is 10.6 Å². The van der Waals surface area contributed by atoms with Gasteiger partial charge in [-0.1, -0.05) is 18.2 Å². The predicted octanol–water partition coefficient (Wildman–Crippen LogP) is 4.21. The smallest absolute Gasteiger partial charge is 0.0417 e.